The van der Waals surface area contributed by atoms with Crippen molar-refractivity contribution in [3.05, 3.63) is 27.7 Å². The summed E-state index contributed by atoms with van der Waals surface area (Å²) in [6.07, 6.45) is 2.19. The molecular weight excluding hydrogens is 354 g/mol. The van der Waals surface area contributed by atoms with Crippen molar-refractivity contribution in [1.82, 2.24) is 15.2 Å². The van der Waals surface area contributed by atoms with Gasteiger partial charge in [0.05, 0.1) is 5.02 Å². The summed E-state index contributed by atoms with van der Waals surface area (Å²) in [5.41, 5.74) is 6.58. The highest BCUT2D eigenvalue weighted by Gasteiger charge is 2.21. The van der Waals surface area contributed by atoms with Crippen LogP contribution in [0.1, 0.15) is 12.8 Å². The molecule has 2 aromatic rings. The normalized spacial score (nSPS) is 16.4. The van der Waals surface area contributed by atoms with Crippen molar-refractivity contribution in [3.8, 4) is 11.4 Å². The van der Waals surface area contributed by atoms with Crippen molar-refractivity contribution in [2.24, 2.45) is 11.7 Å². The Hall–Kier alpha value is -1.11. The molecule has 112 valence electrons. The fourth-order valence-electron chi connectivity index (χ4n) is 2.57. The summed E-state index contributed by atoms with van der Waals surface area (Å²) >= 11 is 9.65. The summed E-state index contributed by atoms with van der Waals surface area (Å²) in [5, 5.41) is 7.94. The molecule has 1 aromatic heterocycles. The van der Waals surface area contributed by atoms with Crippen LogP contribution in [0.3, 0.4) is 0 Å². The first kappa shape index (κ1) is 14.8. The Bertz CT molecular complexity index is 622. The number of aromatic nitrogens is 3. The summed E-state index contributed by atoms with van der Waals surface area (Å²) in [6.45, 7) is 2.67. The van der Waals surface area contributed by atoms with Gasteiger partial charge in [-0.05, 0) is 43.5 Å². The number of anilines is 1. The number of aromatic amines is 1. The average molecular weight is 371 g/mol. The monoisotopic (exact) mass is 369 g/mol. The Labute approximate surface area is 137 Å². The molecule has 21 heavy (non-hydrogen) atoms. The van der Waals surface area contributed by atoms with Crippen LogP contribution in [-0.2, 0) is 0 Å². The number of nitrogens with two attached hydrogens (primary N) is 1. The van der Waals surface area contributed by atoms with Gasteiger partial charge in [0.1, 0.15) is 0 Å². The molecule has 0 aliphatic carbocycles. The lowest BCUT2D eigenvalue weighted by molar-refractivity contribution is 0.411. The number of nitrogens with one attached hydrogen (secondary N) is 1. The van der Waals surface area contributed by atoms with Gasteiger partial charge >= 0.3 is 0 Å². The van der Waals surface area contributed by atoms with Gasteiger partial charge in [-0.25, -0.2) is 0 Å². The van der Waals surface area contributed by atoms with Gasteiger partial charge in [0.2, 0.25) is 5.95 Å². The molecule has 0 unspecified atom stereocenters. The molecule has 1 aromatic carbocycles. The van der Waals surface area contributed by atoms with E-state index in [9.17, 15) is 0 Å². The maximum Gasteiger partial charge on any atom is 0.245 e. The minimum absolute atomic E-state index is 0.626. The molecule has 3 N–H and O–H groups in total. The fraction of sp³-hybridized carbons (Fsp3) is 0.429. The molecule has 2 heterocycles. The lowest BCUT2D eigenvalue weighted by Crippen LogP contribution is -2.36. The van der Waals surface area contributed by atoms with Crippen LogP contribution in [0.2, 0.25) is 5.02 Å². The average Bonchev–Trinajstić information content (AvgIpc) is 2.97. The van der Waals surface area contributed by atoms with E-state index in [4.69, 9.17) is 17.3 Å². The second kappa shape index (κ2) is 6.34. The molecule has 7 heteroatoms. The van der Waals surface area contributed by atoms with Crippen molar-refractivity contribution < 1.29 is 0 Å². The Balaban J connectivity index is 1.77. The maximum absolute atomic E-state index is 6.25. The van der Waals surface area contributed by atoms with Crippen LogP contribution < -0.4 is 10.6 Å². The predicted octanol–water partition coefficient (Wildman–Crippen LogP) is 3.06. The van der Waals surface area contributed by atoms with Gasteiger partial charge in [-0.1, -0.05) is 27.5 Å². The van der Waals surface area contributed by atoms with Crippen LogP contribution >= 0.6 is 27.5 Å². The second-order valence-corrected chi connectivity index (χ2v) is 6.60. The van der Waals surface area contributed by atoms with E-state index in [2.05, 4.69) is 36.0 Å². The summed E-state index contributed by atoms with van der Waals surface area (Å²) in [5.74, 6) is 2.06. The number of H-pyrrole nitrogens is 1. The van der Waals surface area contributed by atoms with E-state index < -0.39 is 0 Å². The Kier molecular flexibility index (Phi) is 4.47. The summed E-state index contributed by atoms with van der Waals surface area (Å²) < 4.78 is 0.944. The van der Waals surface area contributed by atoms with Gasteiger partial charge in [-0.3, -0.25) is 5.10 Å². The van der Waals surface area contributed by atoms with Crippen molar-refractivity contribution in [3.63, 3.8) is 0 Å². The quantitative estimate of drug-likeness (QED) is 0.871. The third kappa shape index (κ3) is 3.22. The lowest BCUT2D eigenvalue weighted by atomic mass is 9.97. The topological polar surface area (TPSA) is 70.8 Å². The molecule has 0 saturated carbocycles. The summed E-state index contributed by atoms with van der Waals surface area (Å²) in [4.78, 5) is 6.77. The van der Waals surface area contributed by atoms with Crippen molar-refractivity contribution >= 4 is 33.5 Å². The van der Waals surface area contributed by atoms with E-state index in [1.54, 1.807) is 0 Å². The number of halogens is 2. The van der Waals surface area contributed by atoms with Gasteiger partial charge in [0.15, 0.2) is 5.82 Å². The van der Waals surface area contributed by atoms with E-state index in [0.717, 1.165) is 48.5 Å². The molecule has 0 amide bonds. The molecule has 0 spiro atoms. The van der Waals surface area contributed by atoms with Gasteiger partial charge in [-0.15, -0.1) is 5.10 Å². The molecule has 1 fully saturated rings. The molecule has 1 aliphatic heterocycles. The zero-order valence-corrected chi connectivity index (χ0v) is 13.9. The third-order valence-electron chi connectivity index (χ3n) is 3.89. The Morgan fingerprint density at radius 1 is 1.38 bits per heavy atom. The highest BCUT2D eigenvalue weighted by Crippen LogP contribution is 2.29. The smallest absolute Gasteiger partial charge is 0.245 e. The van der Waals surface area contributed by atoms with Crippen molar-refractivity contribution in [2.75, 3.05) is 24.5 Å². The first-order valence-electron chi connectivity index (χ1n) is 7.00. The van der Waals surface area contributed by atoms with Gasteiger partial charge in [0.25, 0.3) is 0 Å². The van der Waals surface area contributed by atoms with Gasteiger partial charge in [0, 0.05) is 23.1 Å². The van der Waals surface area contributed by atoms with Crippen LogP contribution in [0.5, 0.6) is 0 Å². The number of hydrogen-bond donors (Lipinski definition) is 2. The Morgan fingerprint density at radius 2 is 2.14 bits per heavy atom. The van der Waals surface area contributed by atoms with E-state index in [1.165, 1.54) is 0 Å². The minimum atomic E-state index is 0.626. The van der Waals surface area contributed by atoms with E-state index in [-0.39, 0.29) is 0 Å². The van der Waals surface area contributed by atoms with Crippen molar-refractivity contribution in [1.29, 1.82) is 0 Å². The molecule has 3 rings (SSSR count). The summed E-state index contributed by atoms with van der Waals surface area (Å²) in [7, 11) is 0. The lowest BCUT2D eigenvalue weighted by Gasteiger charge is -2.30. The fourth-order valence-corrected chi connectivity index (χ4v) is 3.33. The number of nitrogens with zero attached hydrogens (tertiary/aromatic N) is 3. The van der Waals surface area contributed by atoms with Gasteiger partial charge in [-0.2, -0.15) is 4.98 Å². The minimum Gasteiger partial charge on any atom is -0.340 e. The van der Waals surface area contributed by atoms with Crippen LogP contribution in [0.25, 0.3) is 11.4 Å². The third-order valence-corrected chi connectivity index (χ3v) is 4.70. The molecule has 1 saturated heterocycles. The highest BCUT2D eigenvalue weighted by atomic mass is 79.9. The van der Waals surface area contributed by atoms with Crippen LogP contribution in [0.4, 0.5) is 5.95 Å². The van der Waals surface area contributed by atoms with Crippen LogP contribution in [-0.4, -0.2) is 34.8 Å². The molecule has 0 atom stereocenters. The maximum atomic E-state index is 6.25. The van der Waals surface area contributed by atoms with Crippen LogP contribution in [0.15, 0.2) is 22.7 Å². The molecule has 0 bridgehead atoms. The number of benzene rings is 1. The zero-order chi connectivity index (χ0) is 14.8. The summed E-state index contributed by atoms with van der Waals surface area (Å²) in [6, 6.07) is 5.72. The largest absolute Gasteiger partial charge is 0.340 e. The second-order valence-electron chi connectivity index (χ2n) is 5.27. The highest BCUT2D eigenvalue weighted by molar-refractivity contribution is 9.10. The van der Waals surface area contributed by atoms with Crippen LogP contribution in [0, 0.1) is 5.92 Å². The predicted molar refractivity (Wildman–Crippen MR) is 88.5 cm³/mol. The van der Waals surface area contributed by atoms with Gasteiger partial charge < -0.3 is 10.6 Å². The number of piperidine rings is 1. The van der Waals surface area contributed by atoms with E-state index >= 15 is 0 Å². The van der Waals surface area contributed by atoms with E-state index in [0.29, 0.717) is 16.8 Å². The zero-order valence-electron chi connectivity index (χ0n) is 11.5. The van der Waals surface area contributed by atoms with E-state index in [1.807, 2.05) is 18.2 Å². The number of hydrogen-bond acceptors (Lipinski definition) is 4. The SMILES string of the molecule is NCC1CCN(c2n[nH]c(-c3ccc(Br)cc3Cl)n2)CC1. The molecule has 1 aliphatic rings. The number of rotatable bonds is 3. The molecule has 0 radical (unpaired) electrons. The first-order chi connectivity index (χ1) is 10.2. The molecule has 5 nitrogen and oxygen atoms in total. The first-order valence-corrected chi connectivity index (χ1v) is 8.17. The standard InChI is InChI=1S/C14H17BrClN5/c15-10-1-2-11(12(16)7-10)13-18-14(20-19-13)21-5-3-9(8-17)4-6-21/h1-2,7,9H,3-6,8,17H2,(H,18,19,20). The van der Waals surface area contributed by atoms with Crippen molar-refractivity contribution in [2.45, 2.75) is 12.8 Å². The Morgan fingerprint density at radius 3 is 2.81 bits per heavy atom. The molecular formula is C14H17BrClN5.